The van der Waals surface area contributed by atoms with Crippen LogP contribution >= 0.6 is 11.3 Å². The molecular formula is C23H20N2OS. The molecule has 0 aliphatic heterocycles. The Morgan fingerprint density at radius 1 is 1.04 bits per heavy atom. The van der Waals surface area contributed by atoms with Crippen molar-refractivity contribution in [3.63, 3.8) is 0 Å². The standard InChI is InChI=1S/C23H20N2OS/c1-3-15-24-23-25(21-10-6-8-17-7-4-5-9-20(17)21)22(16-27-23)18-11-13-19(26-2)14-12-18/h3-14,16H,1,15H2,2H3. The highest BCUT2D eigenvalue weighted by atomic mass is 32.1. The van der Waals surface area contributed by atoms with E-state index in [0.717, 1.165) is 27.5 Å². The van der Waals surface area contributed by atoms with Crippen molar-refractivity contribution < 1.29 is 4.74 Å². The fraction of sp³-hybridized carbons (Fsp3) is 0.0870. The maximum atomic E-state index is 5.30. The molecule has 0 N–H and O–H groups in total. The van der Waals surface area contributed by atoms with Crippen LogP contribution in [0.1, 0.15) is 0 Å². The molecule has 4 aromatic rings. The van der Waals surface area contributed by atoms with E-state index in [1.54, 1.807) is 18.4 Å². The zero-order valence-corrected chi connectivity index (χ0v) is 15.9. The highest BCUT2D eigenvalue weighted by Crippen LogP contribution is 2.29. The topological polar surface area (TPSA) is 26.5 Å². The third kappa shape index (κ3) is 3.32. The molecule has 0 bridgehead atoms. The summed E-state index contributed by atoms with van der Waals surface area (Å²) < 4.78 is 7.54. The second-order valence-corrected chi connectivity index (χ2v) is 6.93. The van der Waals surface area contributed by atoms with E-state index in [2.05, 4.69) is 71.1 Å². The molecule has 1 heterocycles. The van der Waals surface area contributed by atoms with Crippen molar-refractivity contribution in [3.05, 3.63) is 89.6 Å². The van der Waals surface area contributed by atoms with Gasteiger partial charge in [0.25, 0.3) is 0 Å². The van der Waals surface area contributed by atoms with Gasteiger partial charge in [-0.05, 0) is 41.3 Å². The monoisotopic (exact) mass is 372 g/mol. The molecule has 3 aromatic carbocycles. The minimum Gasteiger partial charge on any atom is -0.497 e. The summed E-state index contributed by atoms with van der Waals surface area (Å²) in [5, 5.41) is 4.57. The second-order valence-electron chi connectivity index (χ2n) is 6.10. The van der Waals surface area contributed by atoms with E-state index >= 15 is 0 Å². The molecule has 3 nitrogen and oxygen atoms in total. The Hall–Kier alpha value is -3.11. The molecule has 4 rings (SSSR count). The zero-order chi connectivity index (χ0) is 18.6. The highest BCUT2D eigenvalue weighted by molar-refractivity contribution is 7.07. The van der Waals surface area contributed by atoms with Crippen molar-refractivity contribution in [3.8, 4) is 22.7 Å². The lowest BCUT2D eigenvalue weighted by Crippen LogP contribution is -2.15. The minimum atomic E-state index is 0.591. The first kappa shape index (κ1) is 17.3. The number of aromatic nitrogens is 1. The van der Waals surface area contributed by atoms with E-state index in [-0.39, 0.29) is 0 Å². The van der Waals surface area contributed by atoms with E-state index in [1.165, 1.54) is 10.8 Å². The van der Waals surface area contributed by atoms with E-state index in [9.17, 15) is 0 Å². The number of hydrogen-bond donors (Lipinski definition) is 0. The van der Waals surface area contributed by atoms with Crippen molar-refractivity contribution >= 4 is 22.1 Å². The Morgan fingerprint density at radius 2 is 1.81 bits per heavy atom. The van der Waals surface area contributed by atoms with Gasteiger partial charge >= 0.3 is 0 Å². The van der Waals surface area contributed by atoms with Gasteiger partial charge in [-0.15, -0.1) is 17.9 Å². The van der Waals surface area contributed by atoms with Crippen LogP contribution in [0.3, 0.4) is 0 Å². The van der Waals surface area contributed by atoms with Crippen molar-refractivity contribution in [2.75, 3.05) is 13.7 Å². The molecule has 4 heteroatoms. The minimum absolute atomic E-state index is 0.591. The SMILES string of the molecule is C=CCN=c1scc(-c2ccc(OC)cc2)n1-c1cccc2ccccc12. The molecule has 134 valence electrons. The molecule has 0 unspecified atom stereocenters. The Balaban J connectivity index is 1.99. The Kier molecular flexibility index (Phi) is 4.90. The first-order chi connectivity index (χ1) is 13.3. The van der Waals surface area contributed by atoms with E-state index < -0.39 is 0 Å². The summed E-state index contributed by atoms with van der Waals surface area (Å²) in [6, 6.07) is 23.0. The normalized spacial score (nSPS) is 11.7. The summed E-state index contributed by atoms with van der Waals surface area (Å²) in [5.41, 5.74) is 3.37. The molecule has 0 amide bonds. The molecule has 0 saturated heterocycles. The van der Waals surface area contributed by atoms with Crippen LogP contribution in [0.2, 0.25) is 0 Å². The maximum Gasteiger partial charge on any atom is 0.190 e. The molecule has 0 aliphatic carbocycles. The van der Waals surface area contributed by atoms with E-state index in [1.807, 2.05) is 18.2 Å². The summed E-state index contributed by atoms with van der Waals surface area (Å²) in [6.45, 7) is 4.39. The Labute approximate surface area is 162 Å². The number of rotatable bonds is 5. The van der Waals surface area contributed by atoms with Crippen LogP contribution in [0, 0.1) is 0 Å². The van der Waals surface area contributed by atoms with Gasteiger partial charge < -0.3 is 4.74 Å². The third-order valence-electron chi connectivity index (χ3n) is 4.46. The number of hydrogen-bond acceptors (Lipinski definition) is 3. The average molecular weight is 372 g/mol. The number of nitrogens with zero attached hydrogens (tertiary/aromatic N) is 2. The lowest BCUT2D eigenvalue weighted by molar-refractivity contribution is 0.415. The van der Waals surface area contributed by atoms with Crippen LogP contribution in [0.5, 0.6) is 5.75 Å². The number of benzene rings is 3. The van der Waals surface area contributed by atoms with E-state index in [4.69, 9.17) is 9.73 Å². The van der Waals surface area contributed by atoms with Gasteiger partial charge in [-0.3, -0.25) is 9.56 Å². The summed E-state index contributed by atoms with van der Waals surface area (Å²) in [4.78, 5) is 5.68. The molecular weight excluding hydrogens is 352 g/mol. The van der Waals surface area contributed by atoms with Crippen molar-refractivity contribution in [2.45, 2.75) is 0 Å². The fourth-order valence-corrected chi connectivity index (χ4v) is 4.07. The predicted octanol–water partition coefficient (Wildman–Crippen LogP) is 5.45. The largest absolute Gasteiger partial charge is 0.497 e. The average Bonchev–Trinajstić information content (AvgIpc) is 3.15. The van der Waals surface area contributed by atoms with Crippen LogP contribution in [0.15, 0.2) is 89.8 Å². The fourth-order valence-electron chi connectivity index (χ4n) is 3.16. The highest BCUT2D eigenvalue weighted by Gasteiger charge is 2.12. The first-order valence-corrected chi connectivity index (χ1v) is 9.64. The van der Waals surface area contributed by atoms with Gasteiger partial charge in [-0.2, -0.15) is 0 Å². The predicted molar refractivity (Wildman–Crippen MR) is 114 cm³/mol. The number of thiazole rings is 1. The number of fused-ring (bicyclic) bond motifs is 1. The Bertz CT molecular complexity index is 1150. The number of ether oxygens (including phenoxy) is 1. The van der Waals surface area contributed by atoms with Gasteiger partial charge in [0.05, 0.1) is 25.0 Å². The first-order valence-electron chi connectivity index (χ1n) is 8.76. The van der Waals surface area contributed by atoms with Crippen molar-refractivity contribution in [2.24, 2.45) is 4.99 Å². The number of methoxy groups -OCH3 is 1. The Morgan fingerprint density at radius 3 is 2.59 bits per heavy atom. The van der Waals surface area contributed by atoms with Crippen LogP contribution in [-0.4, -0.2) is 18.2 Å². The molecule has 0 aliphatic rings. The summed E-state index contributed by atoms with van der Waals surface area (Å²) >= 11 is 1.64. The molecule has 0 spiro atoms. The lowest BCUT2D eigenvalue weighted by Gasteiger charge is -2.12. The molecule has 1 aromatic heterocycles. The van der Waals surface area contributed by atoms with Gasteiger partial charge in [0.15, 0.2) is 4.80 Å². The van der Waals surface area contributed by atoms with Gasteiger partial charge in [-0.25, -0.2) is 0 Å². The molecule has 27 heavy (non-hydrogen) atoms. The summed E-state index contributed by atoms with van der Waals surface area (Å²) in [5.74, 6) is 0.849. The molecule has 0 saturated carbocycles. The van der Waals surface area contributed by atoms with Crippen LogP contribution in [0.4, 0.5) is 0 Å². The van der Waals surface area contributed by atoms with Gasteiger partial charge in [0.1, 0.15) is 5.75 Å². The van der Waals surface area contributed by atoms with Gasteiger partial charge in [0, 0.05) is 10.8 Å². The second kappa shape index (κ2) is 7.64. The van der Waals surface area contributed by atoms with Crippen LogP contribution in [-0.2, 0) is 0 Å². The van der Waals surface area contributed by atoms with Gasteiger partial charge in [-0.1, -0.05) is 42.5 Å². The quantitative estimate of drug-likeness (QED) is 0.428. The van der Waals surface area contributed by atoms with Crippen LogP contribution < -0.4 is 9.54 Å². The third-order valence-corrected chi connectivity index (χ3v) is 5.32. The summed E-state index contributed by atoms with van der Waals surface area (Å²) in [7, 11) is 1.68. The lowest BCUT2D eigenvalue weighted by atomic mass is 10.1. The van der Waals surface area contributed by atoms with Crippen LogP contribution in [0.25, 0.3) is 27.7 Å². The van der Waals surface area contributed by atoms with Crippen molar-refractivity contribution in [1.82, 2.24) is 4.57 Å². The van der Waals surface area contributed by atoms with Crippen molar-refractivity contribution in [1.29, 1.82) is 0 Å². The zero-order valence-electron chi connectivity index (χ0n) is 15.1. The summed E-state index contributed by atoms with van der Waals surface area (Å²) in [6.07, 6.45) is 1.82. The molecule has 0 radical (unpaired) electrons. The van der Waals surface area contributed by atoms with Gasteiger partial charge in [0.2, 0.25) is 0 Å². The smallest absolute Gasteiger partial charge is 0.190 e. The van der Waals surface area contributed by atoms with E-state index in [0.29, 0.717) is 6.54 Å². The molecule has 0 fully saturated rings. The molecule has 0 atom stereocenters. The maximum absolute atomic E-state index is 5.30.